The summed E-state index contributed by atoms with van der Waals surface area (Å²) >= 11 is 11.9. The van der Waals surface area contributed by atoms with Crippen molar-refractivity contribution in [3.63, 3.8) is 0 Å². The van der Waals surface area contributed by atoms with E-state index in [0.717, 1.165) is 17.8 Å². The Morgan fingerprint density at radius 2 is 1.74 bits per heavy atom. The number of hydrogen-bond donors (Lipinski definition) is 2. The first-order valence-electron chi connectivity index (χ1n) is 6.69. The van der Waals surface area contributed by atoms with Gasteiger partial charge in [-0.05, 0) is 29.8 Å². The molecule has 0 spiro atoms. The summed E-state index contributed by atoms with van der Waals surface area (Å²) in [6, 6.07) is 11.7. The molecule has 0 radical (unpaired) electrons. The summed E-state index contributed by atoms with van der Waals surface area (Å²) in [4.78, 5) is 10.1. The zero-order valence-corrected chi connectivity index (χ0v) is 14.4. The maximum atomic E-state index is 10.6. The molecule has 2 rings (SSSR count). The van der Waals surface area contributed by atoms with Gasteiger partial charge in [0.25, 0.3) is 5.69 Å². The van der Waals surface area contributed by atoms with E-state index in [1.54, 1.807) is 24.3 Å². The van der Waals surface area contributed by atoms with Gasteiger partial charge >= 0.3 is 0 Å². The molecule has 0 fully saturated rings. The predicted octanol–water partition coefficient (Wildman–Crippen LogP) is 4.53. The van der Waals surface area contributed by atoms with E-state index in [1.807, 2.05) is 6.07 Å². The highest BCUT2D eigenvalue weighted by atomic mass is 35.5. The summed E-state index contributed by atoms with van der Waals surface area (Å²) in [5, 5.41) is 18.3. The Kier molecular flexibility index (Phi) is 8.12. The van der Waals surface area contributed by atoms with Crippen molar-refractivity contribution < 1.29 is 4.92 Å². The molecule has 0 bridgehead atoms. The van der Waals surface area contributed by atoms with Gasteiger partial charge in [0, 0.05) is 47.5 Å². The molecule has 2 aromatic rings. The van der Waals surface area contributed by atoms with Crippen LogP contribution in [0.4, 0.5) is 11.4 Å². The maximum absolute atomic E-state index is 10.6. The van der Waals surface area contributed by atoms with E-state index in [9.17, 15) is 10.1 Å². The quantitative estimate of drug-likeness (QED) is 0.423. The molecule has 0 aliphatic heterocycles. The molecule has 0 aliphatic carbocycles. The molecule has 0 saturated carbocycles. The van der Waals surface area contributed by atoms with Crippen LogP contribution in [0.3, 0.4) is 0 Å². The lowest BCUT2D eigenvalue weighted by Crippen LogP contribution is -2.21. The minimum atomic E-state index is -0.415. The van der Waals surface area contributed by atoms with Crippen LogP contribution in [0.5, 0.6) is 0 Å². The van der Waals surface area contributed by atoms with Gasteiger partial charge in [-0.15, -0.1) is 12.4 Å². The smallest absolute Gasteiger partial charge is 0.269 e. The average Bonchev–Trinajstić information content (AvgIpc) is 2.49. The molecule has 23 heavy (non-hydrogen) atoms. The number of anilines is 1. The third-order valence-electron chi connectivity index (χ3n) is 3.04. The Morgan fingerprint density at radius 1 is 1.04 bits per heavy atom. The fourth-order valence-corrected chi connectivity index (χ4v) is 2.36. The number of halogens is 3. The molecule has 124 valence electrons. The van der Waals surface area contributed by atoms with Crippen molar-refractivity contribution in [1.29, 1.82) is 0 Å². The first kappa shape index (κ1) is 19.5. The topological polar surface area (TPSA) is 67.2 Å². The molecule has 0 amide bonds. The average molecular weight is 377 g/mol. The first-order chi connectivity index (χ1) is 10.6. The second-order valence-corrected chi connectivity index (χ2v) is 5.49. The molecule has 5 nitrogen and oxygen atoms in total. The first-order valence-corrected chi connectivity index (χ1v) is 7.45. The third-order valence-corrected chi connectivity index (χ3v) is 3.63. The standard InChI is InChI=1S/C15H15Cl2N3O2.ClH/c16-12-2-1-11(15(17)9-12)10-18-7-8-19-13-3-5-14(6-4-13)20(21)22;/h1-6,9,18-19H,7-8,10H2;1H. The lowest BCUT2D eigenvalue weighted by atomic mass is 10.2. The predicted molar refractivity (Wildman–Crippen MR) is 97.0 cm³/mol. The van der Waals surface area contributed by atoms with Crippen molar-refractivity contribution in [3.05, 3.63) is 68.2 Å². The Morgan fingerprint density at radius 3 is 2.35 bits per heavy atom. The molecule has 8 heteroatoms. The summed E-state index contributed by atoms with van der Waals surface area (Å²) in [5.74, 6) is 0. The molecule has 0 aromatic heterocycles. The number of non-ortho nitro benzene ring substituents is 1. The van der Waals surface area contributed by atoms with Crippen LogP contribution in [0.15, 0.2) is 42.5 Å². The summed E-state index contributed by atoms with van der Waals surface area (Å²) in [6.45, 7) is 2.08. The summed E-state index contributed by atoms with van der Waals surface area (Å²) in [6.07, 6.45) is 0. The summed E-state index contributed by atoms with van der Waals surface area (Å²) in [7, 11) is 0. The Bertz CT molecular complexity index is 651. The van der Waals surface area contributed by atoms with E-state index in [0.29, 0.717) is 23.1 Å². The van der Waals surface area contributed by atoms with Crippen LogP contribution in [0.1, 0.15) is 5.56 Å². The van der Waals surface area contributed by atoms with E-state index in [1.165, 1.54) is 12.1 Å². The zero-order valence-electron chi connectivity index (χ0n) is 12.1. The van der Waals surface area contributed by atoms with Gasteiger partial charge in [0.2, 0.25) is 0 Å². The number of benzene rings is 2. The minimum Gasteiger partial charge on any atom is -0.384 e. The molecular weight excluding hydrogens is 361 g/mol. The van der Waals surface area contributed by atoms with Crippen molar-refractivity contribution in [2.75, 3.05) is 18.4 Å². The third kappa shape index (κ3) is 6.23. The van der Waals surface area contributed by atoms with Crippen molar-refractivity contribution in [2.24, 2.45) is 0 Å². The number of nitrogens with one attached hydrogen (secondary N) is 2. The van der Waals surface area contributed by atoms with E-state index in [-0.39, 0.29) is 18.1 Å². The molecular formula is C15H16Cl3N3O2. The molecule has 2 aromatic carbocycles. The van der Waals surface area contributed by atoms with Gasteiger partial charge in [0.1, 0.15) is 0 Å². The Hall–Kier alpha value is -1.53. The normalized spacial score (nSPS) is 10.0. The van der Waals surface area contributed by atoms with Gasteiger partial charge in [-0.25, -0.2) is 0 Å². The van der Waals surface area contributed by atoms with E-state index >= 15 is 0 Å². The number of hydrogen-bond acceptors (Lipinski definition) is 4. The van der Waals surface area contributed by atoms with Crippen LogP contribution in [0.25, 0.3) is 0 Å². The molecule has 0 heterocycles. The van der Waals surface area contributed by atoms with Crippen molar-refractivity contribution in [3.8, 4) is 0 Å². The van der Waals surface area contributed by atoms with Crippen LogP contribution in [-0.4, -0.2) is 18.0 Å². The van der Waals surface area contributed by atoms with Gasteiger partial charge < -0.3 is 10.6 Å². The van der Waals surface area contributed by atoms with Crippen molar-refractivity contribution in [2.45, 2.75) is 6.54 Å². The lowest BCUT2D eigenvalue weighted by Gasteiger charge is -2.09. The minimum absolute atomic E-state index is 0. The van der Waals surface area contributed by atoms with Gasteiger partial charge in [-0.3, -0.25) is 10.1 Å². The number of nitro benzene ring substituents is 1. The van der Waals surface area contributed by atoms with Crippen LogP contribution >= 0.6 is 35.6 Å². The maximum Gasteiger partial charge on any atom is 0.269 e. The van der Waals surface area contributed by atoms with Crippen LogP contribution in [0, 0.1) is 10.1 Å². The molecule has 0 unspecified atom stereocenters. The molecule has 0 atom stereocenters. The zero-order chi connectivity index (χ0) is 15.9. The van der Waals surface area contributed by atoms with Gasteiger partial charge in [0.05, 0.1) is 4.92 Å². The Labute approximate surface area is 150 Å². The number of nitro groups is 1. The largest absolute Gasteiger partial charge is 0.384 e. The monoisotopic (exact) mass is 375 g/mol. The van der Waals surface area contributed by atoms with E-state index in [4.69, 9.17) is 23.2 Å². The SMILES string of the molecule is Cl.O=[N+]([O-])c1ccc(NCCNCc2ccc(Cl)cc2Cl)cc1. The summed E-state index contributed by atoms with van der Waals surface area (Å²) in [5.41, 5.74) is 1.92. The van der Waals surface area contributed by atoms with Crippen LogP contribution < -0.4 is 10.6 Å². The molecule has 2 N–H and O–H groups in total. The molecule has 0 saturated heterocycles. The summed E-state index contributed by atoms with van der Waals surface area (Å²) < 4.78 is 0. The second kappa shape index (κ2) is 9.57. The van der Waals surface area contributed by atoms with Crippen LogP contribution in [-0.2, 0) is 6.54 Å². The van der Waals surface area contributed by atoms with E-state index in [2.05, 4.69) is 10.6 Å². The van der Waals surface area contributed by atoms with Gasteiger partial charge in [0.15, 0.2) is 0 Å². The fourth-order valence-electron chi connectivity index (χ4n) is 1.88. The van der Waals surface area contributed by atoms with E-state index < -0.39 is 4.92 Å². The fraction of sp³-hybridized carbons (Fsp3) is 0.200. The lowest BCUT2D eigenvalue weighted by molar-refractivity contribution is -0.384. The Balaban J connectivity index is 0.00000264. The number of nitrogens with zero attached hydrogens (tertiary/aromatic N) is 1. The highest BCUT2D eigenvalue weighted by molar-refractivity contribution is 6.35. The highest BCUT2D eigenvalue weighted by Crippen LogP contribution is 2.20. The van der Waals surface area contributed by atoms with Gasteiger partial charge in [-0.1, -0.05) is 29.3 Å². The van der Waals surface area contributed by atoms with Crippen LogP contribution in [0.2, 0.25) is 10.0 Å². The van der Waals surface area contributed by atoms with Crippen molar-refractivity contribution >= 4 is 47.0 Å². The highest BCUT2D eigenvalue weighted by Gasteiger charge is 2.03. The molecule has 0 aliphatic rings. The number of rotatable bonds is 7. The van der Waals surface area contributed by atoms with Gasteiger partial charge in [-0.2, -0.15) is 0 Å². The van der Waals surface area contributed by atoms with Crippen molar-refractivity contribution in [1.82, 2.24) is 5.32 Å². The second-order valence-electron chi connectivity index (χ2n) is 4.64.